The fraction of sp³-hybridized carbons (Fsp3) is 0.417. The number of amides is 1. The number of nitrogens with zero attached hydrogens (tertiary/aromatic N) is 2. The third-order valence-electron chi connectivity index (χ3n) is 6.07. The number of aryl methyl sites for hydroxylation is 1. The zero-order valence-corrected chi connectivity index (χ0v) is 17.4. The van der Waals surface area contributed by atoms with E-state index >= 15 is 0 Å². The van der Waals surface area contributed by atoms with Gasteiger partial charge in [0.15, 0.2) is 0 Å². The van der Waals surface area contributed by atoms with Gasteiger partial charge in [-0.1, -0.05) is 38.5 Å². The zero-order chi connectivity index (χ0) is 20.2. The van der Waals surface area contributed by atoms with Gasteiger partial charge in [-0.2, -0.15) is 5.10 Å². The fourth-order valence-corrected chi connectivity index (χ4v) is 4.38. The fourth-order valence-electron chi connectivity index (χ4n) is 4.38. The molecular weight excluding hydrogens is 360 g/mol. The maximum absolute atomic E-state index is 12.9. The largest absolute Gasteiger partial charge is 0.322 e. The Bertz CT molecular complexity index is 985. The van der Waals surface area contributed by atoms with Crippen LogP contribution in [0, 0.1) is 0 Å². The van der Waals surface area contributed by atoms with E-state index in [1.165, 1.54) is 5.69 Å². The molecule has 0 radical (unpaired) electrons. The van der Waals surface area contributed by atoms with Gasteiger partial charge in [0.25, 0.3) is 5.91 Å². The number of carbonyl (C=O) groups is 1. The average Bonchev–Trinajstić information content (AvgIpc) is 3.17. The van der Waals surface area contributed by atoms with E-state index in [0.717, 1.165) is 73.0 Å². The maximum Gasteiger partial charge on any atom is 0.255 e. The highest BCUT2D eigenvalue weighted by atomic mass is 16.1. The summed E-state index contributed by atoms with van der Waals surface area (Å²) >= 11 is 0. The van der Waals surface area contributed by atoms with Crippen molar-refractivity contribution < 1.29 is 4.79 Å². The van der Waals surface area contributed by atoms with Crippen LogP contribution in [0.5, 0.6) is 0 Å². The van der Waals surface area contributed by atoms with Gasteiger partial charge in [-0.05, 0) is 68.7 Å². The Kier molecular flexibility index (Phi) is 5.95. The van der Waals surface area contributed by atoms with Crippen molar-refractivity contribution >= 4 is 22.5 Å². The molecule has 1 fully saturated rings. The van der Waals surface area contributed by atoms with Crippen molar-refractivity contribution in [1.29, 1.82) is 0 Å². The highest BCUT2D eigenvalue weighted by Crippen LogP contribution is 2.32. The van der Waals surface area contributed by atoms with Crippen molar-refractivity contribution in [3.8, 4) is 0 Å². The molecule has 0 unspecified atom stereocenters. The number of hydrogen-bond acceptors (Lipinski definition) is 3. The lowest BCUT2D eigenvalue weighted by Crippen LogP contribution is -2.32. The smallest absolute Gasteiger partial charge is 0.255 e. The van der Waals surface area contributed by atoms with Crippen LogP contribution in [-0.4, -0.2) is 40.6 Å². The van der Waals surface area contributed by atoms with Crippen molar-refractivity contribution in [2.24, 2.45) is 0 Å². The van der Waals surface area contributed by atoms with E-state index < -0.39 is 0 Å². The molecule has 5 heteroatoms. The third kappa shape index (κ3) is 4.20. The van der Waals surface area contributed by atoms with E-state index in [-0.39, 0.29) is 5.91 Å². The summed E-state index contributed by atoms with van der Waals surface area (Å²) in [7, 11) is 0. The van der Waals surface area contributed by atoms with Crippen molar-refractivity contribution in [2.45, 2.75) is 45.4 Å². The molecule has 0 aliphatic carbocycles. The van der Waals surface area contributed by atoms with E-state index in [4.69, 9.17) is 0 Å². The van der Waals surface area contributed by atoms with Crippen molar-refractivity contribution in [3.05, 3.63) is 59.3 Å². The predicted octanol–water partition coefficient (Wildman–Crippen LogP) is 4.97. The van der Waals surface area contributed by atoms with E-state index in [0.29, 0.717) is 5.92 Å². The Morgan fingerprint density at radius 3 is 2.72 bits per heavy atom. The van der Waals surface area contributed by atoms with Gasteiger partial charge in [0.05, 0.1) is 5.52 Å². The normalized spacial score (nSPS) is 15.7. The Morgan fingerprint density at radius 1 is 1.17 bits per heavy atom. The summed E-state index contributed by atoms with van der Waals surface area (Å²) in [5, 5.41) is 12.0. The number of fused-ring (bicyclic) bond motifs is 1. The summed E-state index contributed by atoms with van der Waals surface area (Å²) in [5.41, 5.74) is 4.84. The van der Waals surface area contributed by atoms with Crippen LogP contribution in [0.1, 0.15) is 60.6 Å². The minimum Gasteiger partial charge on any atom is -0.322 e. The van der Waals surface area contributed by atoms with Gasteiger partial charge in [0, 0.05) is 28.2 Å². The Morgan fingerprint density at radius 2 is 1.97 bits per heavy atom. The second kappa shape index (κ2) is 8.78. The molecule has 2 N–H and O–H groups in total. The molecule has 4 rings (SSSR count). The highest BCUT2D eigenvalue weighted by molar-refractivity contribution is 6.06. The summed E-state index contributed by atoms with van der Waals surface area (Å²) in [6.45, 7) is 7.73. The Labute approximate surface area is 172 Å². The second-order valence-corrected chi connectivity index (χ2v) is 7.94. The maximum atomic E-state index is 12.9. The number of hydrogen-bond donors (Lipinski definition) is 2. The number of benzene rings is 2. The molecule has 2 heterocycles. The molecule has 0 bridgehead atoms. The van der Waals surface area contributed by atoms with Gasteiger partial charge in [-0.3, -0.25) is 9.89 Å². The van der Waals surface area contributed by atoms with E-state index in [1.54, 1.807) is 0 Å². The number of anilines is 1. The first-order valence-electron chi connectivity index (χ1n) is 10.8. The molecule has 1 saturated heterocycles. The summed E-state index contributed by atoms with van der Waals surface area (Å²) in [4.78, 5) is 15.4. The summed E-state index contributed by atoms with van der Waals surface area (Å²) in [6.07, 6.45) is 4.22. The topological polar surface area (TPSA) is 61.0 Å². The lowest BCUT2D eigenvalue weighted by atomic mass is 9.91. The van der Waals surface area contributed by atoms with Crippen molar-refractivity contribution in [1.82, 2.24) is 15.1 Å². The number of aromatic amines is 1. The van der Waals surface area contributed by atoms with Crippen molar-refractivity contribution in [2.75, 3.05) is 25.0 Å². The molecule has 1 amide bonds. The van der Waals surface area contributed by atoms with Crippen LogP contribution in [0.3, 0.4) is 0 Å². The first kappa shape index (κ1) is 19.6. The van der Waals surface area contributed by atoms with Gasteiger partial charge in [-0.15, -0.1) is 0 Å². The Hall–Kier alpha value is -2.66. The van der Waals surface area contributed by atoms with Gasteiger partial charge in [-0.25, -0.2) is 0 Å². The quantitative estimate of drug-likeness (QED) is 0.625. The summed E-state index contributed by atoms with van der Waals surface area (Å²) in [5.74, 6) is 0.453. The predicted molar refractivity (Wildman–Crippen MR) is 119 cm³/mol. The van der Waals surface area contributed by atoms with E-state index in [1.807, 2.05) is 36.4 Å². The monoisotopic (exact) mass is 390 g/mol. The molecule has 5 nitrogen and oxygen atoms in total. The van der Waals surface area contributed by atoms with E-state index in [9.17, 15) is 4.79 Å². The molecule has 0 spiro atoms. The molecular formula is C24H30N4O. The first-order valence-corrected chi connectivity index (χ1v) is 10.8. The molecule has 0 atom stereocenters. The number of piperidine rings is 1. The molecule has 29 heavy (non-hydrogen) atoms. The number of rotatable bonds is 6. The summed E-state index contributed by atoms with van der Waals surface area (Å²) < 4.78 is 0. The first-order chi connectivity index (χ1) is 14.2. The number of likely N-dealkylation sites (tertiary alicyclic amines) is 1. The standard InChI is InChI=1S/C24H30N4O/c1-3-7-17-8-5-6-9-20(17)24(29)25-19-10-11-22-21(16-19)23(27-26-22)18-12-14-28(4-2)15-13-18/h5-6,8-11,16,18H,3-4,7,12-15H2,1-2H3,(H,25,29)(H,26,27). The van der Waals surface area contributed by atoms with E-state index in [2.05, 4.69) is 40.3 Å². The van der Waals surface area contributed by atoms with Crippen LogP contribution in [0.4, 0.5) is 5.69 Å². The molecule has 1 aliphatic rings. The van der Waals surface area contributed by atoms with Gasteiger partial charge in [0.1, 0.15) is 0 Å². The molecule has 152 valence electrons. The van der Waals surface area contributed by atoms with Crippen molar-refractivity contribution in [3.63, 3.8) is 0 Å². The van der Waals surface area contributed by atoms with Crippen LogP contribution in [0.25, 0.3) is 10.9 Å². The number of carbonyl (C=O) groups excluding carboxylic acids is 1. The lowest BCUT2D eigenvalue weighted by molar-refractivity contribution is 0.102. The minimum atomic E-state index is -0.0466. The van der Waals surface area contributed by atoms with Crippen LogP contribution >= 0.6 is 0 Å². The number of aromatic nitrogens is 2. The molecule has 2 aromatic carbocycles. The van der Waals surface area contributed by atoms with Crippen LogP contribution in [-0.2, 0) is 6.42 Å². The van der Waals surface area contributed by atoms with Gasteiger partial charge < -0.3 is 10.2 Å². The van der Waals surface area contributed by atoms with Gasteiger partial charge >= 0.3 is 0 Å². The van der Waals surface area contributed by atoms with Crippen LogP contribution < -0.4 is 5.32 Å². The molecule has 3 aromatic rings. The van der Waals surface area contributed by atoms with Gasteiger partial charge in [0.2, 0.25) is 0 Å². The zero-order valence-electron chi connectivity index (χ0n) is 17.4. The lowest BCUT2D eigenvalue weighted by Gasteiger charge is -2.30. The van der Waals surface area contributed by atoms with Crippen LogP contribution in [0.15, 0.2) is 42.5 Å². The minimum absolute atomic E-state index is 0.0466. The Balaban J connectivity index is 1.56. The molecule has 0 saturated carbocycles. The number of nitrogens with one attached hydrogen (secondary N) is 2. The van der Waals surface area contributed by atoms with Crippen LogP contribution in [0.2, 0.25) is 0 Å². The molecule has 1 aliphatic heterocycles. The average molecular weight is 391 g/mol. The third-order valence-corrected chi connectivity index (χ3v) is 6.07. The number of H-pyrrole nitrogens is 1. The molecule has 1 aromatic heterocycles. The SMILES string of the molecule is CCCc1ccccc1C(=O)Nc1ccc2n[nH]c(C3CCN(CC)CC3)c2c1. The second-order valence-electron chi connectivity index (χ2n) is 7.94. The highest BCUT2D eigenvalue weighted by Gasteiger charge is 2.23. The summed E-state index contributed by atoms with van der Waals surface area (Å²) in [6, 6.07) is 13.9.